The Morgan fingerprint density at radius 1 is 1.16 bits per heavy atom. The maximum atomic E-state index is 12.6. The standard InChI is InChI=1S/C19H27NO5/c1-3-25-16-11-10-13(12-17(16)24-2)18(21)20-15-9-7-5-4-6-8-14(15)19(22)23/h10-12,14-15H,3-9H2,1-2H3,(H,20,21)(H,22,23). The van der Waals surface area contributed by atoms with Crippen molar-refractivity contribution in [2.45, 2.75) is 51.5 Å². The molecule has 2 N–H and O–H groups in total. The van der Waals surface area contributed by atoms with Crippen molar-refractivity contribution in [3.63, 3.8) is 0 Å². The highest BCUT2D eigenvalue weighted by Crippen LogP contribution is 2.29. The molecule has 1 aromatic rings. The Kier molecular flexibility index (Phi) is 7.10. The number of methoxy groups -OCH3 is 1. The second-order valence-electron chi connectivity index (χ2n) is 6.31. The Morgan fingerprint density at radius 2 is 1.88 bits per heavy atom. The van der Waals surface area contributed by atoms with Crippen LogP contribution in [0.3, 0.4) is 0 Å². The molecular formula is C19H27NO5. The summed E-state index contributed by atoms with van der Waals surface area (Å²) in [6.45, 7) is 2.38. The Bertz CT molecular complexity index is 601. The number of hydrogen-bond acceptors (Lipinski definition) is 4. The van der Waals surface area contributed by atoms with E-state index in [2.05, 4.69) is 5.32 Å². The van der Waals surface area contributed by atoms with Crippen molar-refractivity contribution < 1.29 is 24.2 Å². The first-order valence-electron chi connectivity index (χ1n) is 8.91. The first-order valence-corrected chi connectivity index (χ1v) is 8.91. The second kappa shape index (κ2) is 9.30. The molecule has 0 aliphatic heterocycles. The van der Waals surface area contributed by atoms with Crippen molar-refractivity contribution in [1.29, 1.82) is 0 Å². The fourth-order valence-electron chi connectivity index (χ4n) is 3.29. The lowest BCUT2D eigenvalue weighted by Crippen LogP contribution is -2.43. The van der Waals surface area contributed by atoms with Gasteiger partial charge in [0.25, 0.3) is 5.91 Å². The SMILES string of the molecule is CCOc1ccc(C(=O)NC2CCCCCCC2C(=O)O)cc1OC. The molecule has 6 heteroatoms. The molecule has 1 aliphatic carbocycles. The van der Waals surface area contributed by atoms with Gasteiger partial charge in [-0.3, -0.25) is 9.59 Å². The van der Waals surface area contributed by atoms with E-state index in [4.69, 9.17) is 9.47 Å². The van der Waals surface area contributed by atoms with Crippen LogP contribution in [0.15, 0.2) is 18.2 Å². The number of amides is 1. The highest BCUT2D eigenvalue weighted by Gasteiger charge is 2.30. The maximum Gasteiger partial charge on any atom is 0.308 e. The number of ether oxygens (including phenoxy) is 2. The number of hydrogen-bond donors (Lipinski definition) is 2. The number of rotatable bonds is 6. The van der Waals surface area contributed by atoms with Crippen molar-refractivity contribution in [1.82, 2.24) is 5.32 Å². The summed E-state index contributed by atoms with van der Waals surface area (Å²) in [5.41, 5.74) is 0.437. The van der Waals surface area contributed by atoms with Gasteiger partial charge in [-0.1, -0.05) is 25.7 Å². The summed E-state index contributed by atoms with van der Waals surface area (Å²) in [6.07, 6.45) is 5.25. The molecule has 1 fully saturated rings. The summed E-state index contributed by atoms with van der Waals surface area (Å²) in [7, 11) is 1.52. The Hall–Kier alpha value is -2.24. The third-order valence-corrected chi connectivity index (χ3v) is 4.63. The first kappa shape index (κ1) is 19.1. The van der Waals surface area contributed by atoms with E-state index in [9.17, 15) is 14.7 Å². The molecule has 0 saturated heterocycles. The van der Waals surface area contributed by atoms with Crippen LogP contribution in [0.4, 0.5) is 0 Å². The lowest BCUT2D eigenvalue weighted by atomic mass is 9.86. The molecule has 0 spiro atoms. The number of carboxylic acids is 1. The average Bonchev–Trinajstić information content (AvgIpc) is 2.57. The highest BCUT2D eigenvalue weighted by molar-refractivity contribution is 5.95. The van der Waals surface area contributed by atoms with Crippen LogP contribution in [0.1, 0.15) is 55.8 Å². The molecule has 25 heavy (non-hydrogen) atoms. The van der Waals surface area contributed by atoms with Gasteiger partial charge in [0.2, 0.25) is 0 Å². The molecule has 0 bridgehead atoms. The van der Waals surface area contributed by atoms with Crippen LogP contribution in [0, 0.1) is 5.92 Å². The van der Waals surface area contributed by atoms with E-state index in [1.54, 1.807) is 18.2 Å². The molecule has 1 amide bonds. The maximum absolute atomic E-state index is 12.6. The van der Waals surface area contributed by atoms with E-state index in [1.165, 1.54) is 7.11 Å². The van der Waals surface area contributed by atoms with Gasteiger partial charge in [-0.2, -0.15) is 0 Å². The van der Waals surface area contributed by atoms with Gasteiger partial charge < -0.3 is 19.9 Å². The van der Waals surface area contributed by atoms with Crippen LogP contribution in [0.25, 0.3) is 0 Å². The summed E-state index contributed by atoms with van der Waals surface area (Å²) in [5, 5.41) is 12.4. The zero-order valence-electron chi connectivity index (χ0n) is 14.9. The van der Waals surface area contributed by atoms with Gasteiger partial charge in [-0.05, 0) is 38.0 Å². The predicted molar refractivity (Wildman–Crippen MR) is 94.2 cm³/mol. The third kappa shape index (κ3) is 5.11. The lowest BCUT2D eigenvalue weighted by Gasteiger charge is -2.27. The smallest absolute Gasteiger partial charge is 0.308 e. The monoisotopic (exact) mass is 349 g/mol. The lowest BCUT2D eigenvalue weighted by molar-refractivity contribution is -0.143. The fraction of sp³-hybridized carbons (Fsp3) is 0.579. The quantitative estimate of drug-likeness (QED) is 0.823. The minimum atomic E-state index is -0.837. The molecule has 2 atom stereocenters. The average molecular weight is 349 g/mol. The van der Waals surface area contributed by atoms with Crippen molar-refractivity contribution in [2.75, 3.05) is 13.7 Å². The Morgan fingerprint density at radius 3 is 2.52 bits per heavy atom. The summed E-state index contributed by atoms with van der Waals surface area (Å²) in [6, 6.07) is 4.65. The van der Waals surface area contributed by atoms with Crippen molar-refractivity contribution >= 4 is 11.9 Å². The normalized spacial score (nSPS) is 20.9. The third-order valence-electron chi connectivity index (χ3n) is 4.63. The molecule has 6 nitrogen and oxygen atoms in total. The minimum absolute atomic E-state index is 0.279. The van der Waals surface area contributed by atoms with Crippen LogP contribution in [-0.4, -0.2) is 36.7 Å². The number of nitrogens with one attached hydrogen (secondary N) is 1. The van der Waals surface area contributed by atoms with Crippen molar-refractivity contribution in [3.8, 4) is 11.5 Å². The zero-order chi connectivity index (χ0) is 18.2. The summed E-state index contributed by atoms with van der Waals surface area (Å²) >= 11 is 0. The molecule has 0 radical (unpaired) electrons. The Labute approximate surface area is 148 Å². The molecule has 2 unspecified atom stereocenters. The van der Waals surface area contributed by atoms with Crippen LogP contribution >= 0.6 is 0 Å². The number of carboxylic acid groups (broad SMARTS) is 1. The molecule has 1 aliphatic rings. The van der Waals surface area contributed by atoms with Crippen LogP contribution < -0.4 is 14.8 Å². The highest BCUT2D eigenvalue weighted by atomic mass is 16.5. The molecule has 138 valence electrons. The summed E-state index contributed by atoms with van der Waals surface area (Å²) < 4.78 is 10.7. The van der Waals surface area contributed by atoms with E-state index >= 15 is 0 Å². The first-order chi connectivity index (χ1) is 12.1. The van der Waals surface area contributed by atoms with Gasteiger partial charge in [-0.25, -0.2) is 0 Å². The van der Waals surface area contributed by atoms with E-state index in [0.29, 0.717) is 36.5 Å². The summed E-state index contributed by atoms with van der Waals surface area (Å²) in [5.74, 6) is -0.582. The van der Waals surface area contributed by atoms with Crippen LogP contribution in [0.5, 0.6) is 11.5 Å². The molecule has 0 heterocycles. The van der Waals surface area contributed by atoms with E-state index in [0.717, 1.165) is 25.7 Å². The van der Waals surface area contributed by atoms with E-state index in [-0.39, 0.29) is 11.9 Å². The van der Waals surface area contributed by atoms with Crippen LogP contribution in [-0.2, 0) is 4.79 Å². The van der Waals surface area contributed by atoms with Crippen LogP contribution in [0.2, 0.25) is 0 Å². The van der Waals surface area contributed by atoms with Gasteiger partial charge in [-0.15, -0.1) is 0 Å². The fourth-order valence-corrected chi connectivity index (χ4v) is 3.29. The zero-order valence-corrected chi connectivity index (χ0v) is 14.9. The molecule has 1 aromatic carbocycles. The largest absolute Gasteiger partial charge is 0.493 e. The number of carbonyl (C=O) groups excluding carboxylic acids is 1. The van der Waals surface area contributed by atoms with E-state index < -0.39 is 11.9 Å². The topological polar surface area (TPSA) is 84.9 Å². The molecule has 1 saturated carbocycles. The molecule has 0 aromatic heterocycles. The second-order valence-corrected chi connectivity index (χ2v) is 6.31. The van der Waals surface area contributed by atoms with Gasteiger partial charge in [0.05, 0.1) is 19.6 Å². The van der Waals surface area contributed by atoms with Crippen molar-refractivity contribution in [2.24, 2.45) is 5.92 Å². The van der Waals surface area contributed by atoms with Gasteiger partial charge >= 0.3 is 5.97 Å². The van der Waals surface area contributed by atoms with Gasteiger partial charge in [0.15, 0.2) is 11.5 Å². The molecule has 2 rings (SSSR count). The minimum Gasteiger partial charge on any atom is -0.493 e. The molecular weight excluding hydrogens is 322 g/mol. The van der Waals surface area contributed by atoms with Gasteiger partial charge in [0.1, 0.15) is 0 Å². The Balaban J connectivity index is 2.14. The summed E-state index contributed by atoms with van der Waals surface area (Å²) in [4.78, 5) is 24.2. The van der Waals surface area contributed by atoms with E-state index in [1.807, 2.05) is 6.92 Å². The number of aliphatic carboxylic acids is 1. The number of benzene rings is 1. The van der Waals surface area contributed by atoms with Crippen molar-refractivity contribution in [3.05, 3.63) is 23.8 Å². The predicted octanol–water partition coefficient (Wildman–Crippen LogP) is 3.25. The van der Waals surface area contributed by atoms with Gasteiger partial charge in [0, 0.05) is 11.6 Å². The number of carbonyl (C=O) groups is 2.